The van der Waals surface area contributed by atoms with Crippen molar-refractivity contribution in [1.82, 2.24) is 9.97 Å². The van der Waals surface area contributed by atoms with Gasteiger partial charge in [-0.3, -0.25) is 4.79 Å². The Hall–Kier alpha value is -3.25. The molecule has 0 fully saturated rings. The molecule has 164 valence electrons. The molecule has 1 aromatic carbocycles. The number of alkyl halides is 3. The quantitative estimate of drug-likeness (QED) is 0.372. The molecule has 0 aliphatic carbocycles. The van der Waals surface area contributed by atoms with Crippen LogP contribution in [0.15, 0.2) is 36.7 Å². The molecule has 0 saturated heterocycles. The van der Waals surface area contributed by atoms with E-state index in [1.807, 2.05) is 0 Å². The van der Waals surface area contributed by atoms with Gasteiger partial charge >= 0.3 is 6.36 Å². The predicted molar refractivity (Wildman–Crippen MR) is 105 cm³/mol. The van der Waals surface area contributed by atoms with E-state index >= 15 is 0 Å². The number of halogens is 4. The molecule has 0 bridgehead atoms. The Morgan fingerprint density at radius 3 is 2.52 bits per heavy atom. The molecular formula is C19H16F4N4O3S. The zero-order valence-corrected chi connectivity index (χ0v) is 16.9. The van der Waals surface area contributed by atoms with Crippen LogP contribution in [-0.2, 0) is 0 Å². The lowest BCUT2D eigenvalue weighted by molar-refractivity contribution is -0.274. The van der Waals surface area contributed by atoms with Gasteiger partial charge in [0, 0.05) is 11.9 Å². The SMILES string of the molecule is Cc1ncc(C(O)Nc2cc(C(=O)Nc3ccc(OC(F)(F)F)cn3)c(F)cc2C)s1. The van der Waals surface area contributed by atoms with Crippen molar-refractivity contribution >= 4 is 28.7 Å². The number of carbonyl (C=O) groups excluding carboxylic acids is 1. The minimum Gasteiger partial charge on any atom is -0.404 e. The maximum absolute atomic E-state index is 14.4. The van der Waals surface area contributed by atoms with E-state index in [1.54, 1.807) is 13.8 Å². The van der Waals surface area contributed by atoms with Gasteiger partial charge < -0.3 is 20.5 Å². The Kier molecular flexibility index (Phi) is 6.41. The summed E-state index contributed by atoms with van der Waals surface area (Å²) >= 11 is 1.27. The first-order chi connectivity index (χ1) is 14.5. The third kappa shape index (κ3) is 5.89. The molecular weight excluding hydrogens is 440 g/mol. The molecule has 0 aliphatic heterocycles. The number of aryl methyl sites for hydroxylation is 2. The summed E-state index contributed by atoms with van der Waals surface area (Å²) in [4.78, 5) is 20.7. The zero-order chi connectivity index (χ0) is 22.8. The number of hydrogen-bond acceptors (Lipinski definition) is 7. The Balaban J connectivity index is 1.75. The van der Waals surface area contributed by atoms with Gasteiger partial charge in [0.2, 0.25) is 0 Å². The molecule has 2 heterocycles. The molecule has 31 heavy (non-hydrogen) atoms. The van der Waals surface area contributed by atoms with E-state index < -0.39 is 30.1 Å². The molecule has 0 radical (unpaired) electrons. The summed E-state index contributed by atoms with van der Waals surface area (Å²) < 4.78 is 54.7. The van der Waals surface area contributed by atoms with Crippen molar-refractivity contribution in [3.63, 3.8) is 0 Å². The number of thiazole rings is 1. The van der Waals surface area contributed by atoms with Crippen LogP contribution in [-0.4, -0.2) is 27.3 Å². The second-order valence-corrected chi connectivity index (χ2v) is 7.62. The molecule has 1 amide bonds. The van der Waals surface area contributed by atoms with Gasteiger partial charge in [0.05, 0.1) is 21.6 Å². The first-order valence-corrected chi connectivity index (χ1v) is 9.53. The molecule has 2 aromatic heterocycles. The Morgan fingerprint density at radius 1 is 1.19 bits per heavy atom. The third-order valence-electron chi connectivity index (χ3n) is 3.97. The molecule has 3 N–H and O–H groups in total. The normalized spacial score (nSPS) is 12.4. The highest BCUT2D eigenvalue weighted by Gasteiger charge is 2.31. The van der Waals surface area contributed by atoms with Crippen LogP contribution in [0, 0.1) is 19.7 Å². The van der Waals surface area contributed by atoms with Crippen LogP contribution in [0.4, 0.5) is 29.1 Å². The molecule has 0 spiro atoms. The number of amides is 1. The van der Waals surface area contributed by atoms with Crippen molar-refractivity contribution in [2.45, 2.75) is 26.4 Å². The van der Waals surface area contributed by atoms with Crippen LogP contribution in [0.1, 0.15) is 32.0 Å². The first-order valence-electron chi connectivity index (χ1n) is 8.72. The smallest absolute Gasteiger partial charge is 0.404 e. The van der Waals surface area contributed by atoms with Crippen LogP contribution in [0.5, 0.6) is 5.75 Å². The lowest BCUT2D eigenvalue weighted by Crippen LogP contribution is -2.18. The summed E-state index contributed by atoms with van der Waals surface area (Å²) in [5, 5.41) is 16.2. The summed E-state index contributed by atoms with van der Waals surface area (Å²) in [7, 11) is 0. The van der Waals surface area contributed by atoms with E-state index in [4.69, 9.17) is 0 Å². The Labute approximate surface area is 177 Å². The molecule has 1 atom stereocenters. The van der Waals surface area contributed by atoms with E-state index in [2.05, 4.69) is 25.3 Å². The number of pyridine rings is 1. The number of nitrogens with zero attached hydrogens (tertiary/aromatic N) is 2. The van der Waals surface area contributed by atoms with Crippen molar-refractivity contribution in [3.05, 3.63) is 63.5 Å². The van der Waals surface area contributed by atoms with Crippen LogP contribution in [0.2, 0.25) is 0 Å². The van der Waals surface area contributed by atoms with Crippen LogP contribution in [0.3, 0.4) is 0 Å². The number of hydrogen-bond donors (Lipinski definition) is 3. The molecule has 3 rings (SSSR count). The summed E-state index contributed by atoms with van der Waals surface area (Å²) in [6.45, 7) is 3.38. The highest BCUT2D eigenvalue weighted by Crippen LogP contribution is 2.27. The fourth-order valence-corrected chi connectivity index (χ4v) is 3.28. The summed E-state index contributed by atoms with van der Waals surface area (Å²) in [6.07, 6.45) is -3.71. The average Bonchev–Trinajstić information content (AvgIpc) is 3.10. The zero-order valence-electron chi connectivity index (χ0n) is 16.1. The van der Waals surface area contributed by atoms with Gasteiger partial charge in [-0.05, 0) is 43.7 Å². The van der Waals surface area contributed by atoms with Crippen LogP contribution in [0.25, 0.3) is 0 Å². The first kappa shape index (κ1) is 22.4. The Morgan fingerprint density at radius 2 is 1.94 bits per heavy atom. The molecule has 12 heteroatoms. The number of aliphatic hydroxyl groups is 1. The highest BCUT2D eigenvalue weighted by molar-refractivity contribution is 7.11. The number of aliphatic hydroxyl groups excluding tert-OH is 1. The van der Waals surface area contributed by atoms with Crippen molar-refractivity contribution < 1.29 is 32.2 Å². The largest absolute Gasteiger partial charge is 0.573 e. The number of benzene rings is 1. The van der Waals surface area contributed by atoms with E-state index in [0.717, 1.165) is 29.4 Å². The summed E-state index contributed by atoms with van der Waals surface area (Å²) in [5.74, 6) is -2.36. The van der Waals surface area contributed by atoms with E-state index in [9.17, 15) is 27.5 Å². The van der Waals surface area contributed by atoms with Crippen LogP contribution >= 0.6 is 11.3 Å². The average molecular weight is 456 g/mol. The fraction of sp³-hybridized carbons (Fsp3) is 0.211. The molecule has 7 nitrogen and oxygen atoms in total. The number of carbonyl (C=O) groups is 1. The Bertz CT molecular complexity index is 1090. The standard InChI is InChI=1S/C19H16F4N4O3S/c1-9-5-13(20)12(6-14(9)26-18(29)15-8-24-10(2)31-15)17(28)27-16-4-3-11(7-25-16)30-19(21,22)23/h3-8,18,26,29H,1-2H3,(H,25,27,28). The van der Waals surface area contributed by atoms with Gasteiger partial charge in [0.1, 0.15) is 17.4 Å². The van der Waals surface area contributed by atoms with Gasteiger partial charge in [-0.15, -0.1) is 24.5 Å². The number of aromatic nitrogens is 2. The van der Waals surface area contributed by atoms with E-state index in [-0.39, 0.29) is 11.4 Å². The minimum absolute atomic E-state index is 0.103. The number of ether oxygens (including phenoxy) is 1. The number of nitrogens with one attached hydrogen (secondary N) is 2. The van der Waals surface area contributed by atoms with Crippen molar-refractivity contribution in [2.75, 3.05) is 10.6 Å². The molecule has 0 saturated carbocycles. The summed E-state index contributed by atoms with van der Waals surface area (Å²) in [5.41, 5.74) is 0.409. The van der Waals surface area contributed by atoms with Crippen LogP contribution < -0.4 is 15.4 Å². The van der Waals surface area contributed by atoms with Gasteiger partial charge in [0.15, 0.2) is 6.23 Å². The monoisotopic (exact) mass is 456 g/mol. The van der Waals surface area contributed by atoms with Gasteiger partial charge in [0.25, 0.3) is 5.91 Å². The van der Waals surface area contributed by atoms with Crippen molar-refractivity contribution in [3.8, 4) is 5.75 Å². The topological polar surface area (TPSA) is 96.4 Å². The molecule has 1 unspecified atom stereocenters. The fourth-order valence-electron chi connectivity index (χ4n) is 2.56. The van der Waals surface area contributed by atoms with Gasteiger partial charge in [-0.25, -0.2) is 14.4 Å². The van der Waals surface area contributed by atoms with E-state index in [1.165, 1.54) is 23.6 Å². The second kappa shape index (κ2) is 8.86. The van der Waals surface area contributed by atoms with E-state index in [0.29, 0.717) is 16.1 Å². The lowest BCUT2D eigenvalue weighted by Gasteiger charge is -2.16. The van der Waals surface area contributed by atoms with Crippen molar-refractivity contribution in [2.24, 2.45) is 0 Å². The van der Waals surface area contributed by atoms with Gasteiger partial charge in [-0.1, -0.05) is 0 Å². The lowest BCUT2D eigenvalue weighted by atomic mass is 10.1. The third-order valence-corrected chi connectivity index (χ3v) is 4.94. The second-order valence-electron chi connectivity index (χ2n) is 6.36. The number of rotatable bonds is 6. The number of anilines is 2. The predicted octanol–water partition coefficient (Wildman–Crippen LogP) is 4.55. The highest BCUT2D eigenvalue weighted by atomic mass is 32.1. The summed E-state index contributed by atoms with van der Waals surface area (Å²) in [6, 6.07) is 4.38. The molecule has 3 aromatic rings. The van der Waals surface area contributed by atoms with Gasteiger partial charge in [-0.2, -0.15) is 0 Å². The molecule has 0 aliphatic rings. The maximum atomic E-state index is 14.4. The minimum atomic E-state index is -4.87. The maximum Gasteiger partial charge on any atom is 0.573 e. The van der Waals surface area contributed by atoms with Crippen molar-refractivity contribution in [1.29, 1.82) is 0 Å².